The van der Waals surface area contributed by atoms with Crippen molar-refractivity contribution in [2.75, 3.05) is 0 Å². The monoisotopic (exact) mass is 145 g/mol. The molecule has 1 heteroatoms. The van der Waals surface area contributed by atoms with Crippen molar-refractivity contribution < 1.29 is 0 Å². The Labute approximate surface area is 66.7 Å². The number of nitrogens with zero attached hydrogens (tertiary/aromatic N) is 1. The van der Waals surface area contributed by atoms with Crippen LogP contribution in [0.5, 0.6) is 0 Å². The van der Waals surface area contributed by atoms with Gasteiger partial charge in [-0.2, -0.15) is 0 Å². The number of pyridine rings is 1. The third kappa shape index (κ3) is 1.37. The van der Waals surface area contributed by atoms with Crippen LogP contribution in [-0.2, 0) is 0 Å². The van der Waals surface area contributed by atoms with Gasteiger partial charge in [0.05, 0.1) is 5.52 Å². The number of benzene rings is 1. The Kier molecular flexibility index (Phi) is 2.21. The Morgan fingerprint density at radius 1 is 0.909 bits per heavy atom. The second-order valence-electron chi connectivity index (χ2n) is 2.20. The molecule has 11 heavy (non-hydrogen) atoms. The lowest BCUT2D eigenvalue weighted by Crippen LogP contribution is -1.73. The SMILES string of the molecule is C.c1ccc2ncccc2c1. The molecule has 2 aromatic rings. The van der Waals surface area contributed by atoms with Crippen LogP contribution in [0.2, 0.25) is 0 Å². The number of aromatic nitrogens is 1. The number of rotatable bonds is 0. The van der Waals surface area contributed by atoms with Gasteiger partial charge >= 0.3 is 0 Å². The molecule has 0 aliphatic carbocycles. The summed E-state index contributed by atoms with van der Waals surface area (Å²) in [7, 11) is 0. The summed E-state index contributed by atoms with van der Waals surface area (Å²) in [5.41, 5.74) is 1.06. The van der Waals surface area contributed by atoms with Gasteiger partial charge in [0, 0.05) is 11.6 Å². The van der Waals surface area contributed by atoms with Crippen LogP contribution in [0.1, 0.15) is 7.43 Å². The van der Waals surface area contributed by atoms with Crippen molar-refractivity contribution in [1.29, 1.82) is 0 Å². The Bertz CT molecular complexity index is 276. The van der Waals surface area contributed by atoms with Gasteiger partial charge in [-0.05, 0) is 12.1 Å². The van der Waals surface area contributed by atoms with Crippen LogP contribution in [-0.4, -0.2) is 4.98 Å². The largest absolute Gasteiger partial charge is 0.256 e. The predicted octanol–water partition coefficient (Wildman–Crippen LogP) is 2.87. The quantitative estimate of drug-likeness (QED) is 0.555. The second kappa shape index (κ2) is 3.15. The van der Waals surface area contributed by atoms with Crippen molar-refractivity contribution in [2.45, 2.75) is 7.43 Å². The van der Waals surface area contributed by atoms with Crippen molar-refractivity contribution >= 4 is 10.9 Å². The molecule has 1 heterocycles. The molecule has 56 valence electrons. The van der Waals surface area contributed by atoms with Gasteiger partial charge in [-0.3, -0.25) is 4.98 Å². The van der Waals surface area contributed by atoms with Gasteiger partial charge in [0.25, 0.3) is 0 Å². The molecule has 0 amide bonds. The first-order valence-corrected chi connectivity index (χ1v) is 3.26. The zero-order chi connectivity index (χ0) is 6.81. The Morgan fingerprint density at radius 2 is 1.64 bits per heavy atom. The molecular formula is C10H11N. The molecule has 0 aliphatic heterocycles. The van der Waals surface area contributed by atoms with Crippen molar-refractivity contribution in [3.63, 3.8) is 0 Å². The summed E-state index contributed by atoms with van der Waals surface area (Å²) in [6, 6.07) is 12.1. The van der Waals surface area contributed by atoms with E-state index in [0.717, 1.165) is 5.52 Å². The van der Waals surface area contributed by atoms with Crippen LogP contribution in [0, 0.1) is 0 Å². The Morgan fingerprint density at radius 3 is 2.45 bits per heavy atom. The van der Waals surface area contributed by atoms with E-state index in [-0.39, 0.29) is 7.43 Å². The molecule has 0 spiro atoms. The van der Waals surface area contributed by atoms with Crippen LogP contribution >= 0.6 is 0 Å². The molecule has 1 aromatic carbocycles. The molecule has 0 radical (unpaired) electrons. The number of hydrogen-bond donors (Lipinski definition) is 0. The van der Waals surface area contributed by atoms with Crippen molar-refractivity contribution in [3.8, 4) is 0 Å². The first-order chi connectivity index (χ1) is 4.97. The maximum absolute atomic E-state index is 4.18. The van der Waals surface area contributed by atoms with E-state index in [1.165, 1.54) is 5.39 Å². The third-order valence-electron chi connectivity index (χ3n) is 1.51. The van der Waals surface area contributed by atoms with Gasteiger partial charge in [-0.1, -0.05) is 31.7 Å². The fourth-order valence-corrected chi connectivity index (χ4v) is 1.02. The molecule has 0 saturated heterocycles. The molecular weight excluding hydrogens is 134 g/mol. The summed E-state index contributed by atoms with van der Waals surface area (Å²) in [6.45, 7) is 0. The molecule has 0 bridgehead atoms. The minimum absolute atomic E-state index is 0. The van der Waals surface area contributed by atoms with E-state index in [1.54, 1.807) is 0 Å². The number of para-hydroxylation sites is 1. The molecule has 0 unspecified atom stereocenters. The highest BCUT2D eigenvalue weighted by Crippen LogP contribution is 2.07. The topological polar surface area (TPSA) is 12.9 Å². The fraction of sp³-hybridized carbons (Fsp3) is 0.100. The lowest BCUT2D eigenvalue weighted by Gasteiger charge is -1.91. The van der Waals surface area contributed by atoms with Gasteiger partial charge in [0.1, 0.15) is 0 Å². The molecule has 1 aromatic heterocycles. The zero-order valence-corrected chi connectivity index (χ0v) is 5.49. The molecule has 0 aliphatic rings. The summed E-state index contributed by atoms with van der Waals surface area (Å²) >= 11 is 0. The third-order valence-corrected chi connectivity index (χ3v) is 1.51. The van der Waals surface area contributed by atoms with E-state index >= 15 is 0 Å². The Hall–Kier alpha value is -1.37. The summed E-state index contributed by atoms with van der Waals surface area (Å²) in [4.78, 5) is 4.18. The van der Waals surface area contributed by atoms with Gasteiger partial charge < -0.3 is 0 Å². The normalized spacial score (nSPS) is 9.09. The minimum atomic E-state index is 0. The van der Waals surface area contributed by atoms with Gasteiger partial charge in [-0.15, -0.1) is 0 Å². The lowest BCUT2D eigenvalue weighted by molar-refractivity contribution is 1.41. The first kappa shape index (κ1) is 7.73. The smallest absolute Gasteiger partial charge is 0.0701 e. The predicted molar refractivity (Wildman–Crippen MR) is 48.5 cm³/mol. The van der Waals surface area contributed by atoms with E-state index < -0.39 is 0 Å². The highest BCUT2D eigenvalue weighted by Gasteiger charge is 1.86. The van der Waals surface area contributed by atoms with E-state index in [9.17, 15) is 0 Å². The van der Waals surface area contributed by atoms with Crippen molar-refractivity contribution in [1.82, 2.24) is 4.98 Å². The van der Waals surface area contributed by atoms with E-state index in [4.69, 9.17) is 0 Å². The van der Waals surface area contributed by atoms with Crippen LogP contribution < -0.4 is 0 Å². The molecule has 0 N–H and O–H groups in total. The minimum Gasteiger partial charge on any atom is -0.256 e. The van der Waals surface area contributed by atoms with E-state index in [0.29, 0.717) is 0 Å². The number of fused-ring (bicyclic) bond motifs is 1. The van der Waals surface area contributed by atoms with Crippen LogP contribution in [0.3, 0.4) is 0 Å². The number of hydrogen-bond acceptors (Lipinski definition) is 1. The highest BCUT2D eigenvalue weighted by atomic mass is 14.6. The van der Waals surface area contributed by atoms with E-state index in [1.807, 2.05) is 30.5 Å². The zero-order valence-electron chi connectivity index (χ0n) is 5.49. The summed E-state index contributed by atoms with van der Waals surface area (Å²) in [6.07, 6.45) is 1.81. The fourth-order valence-electron chi connectivity index (χ4n) is 1.02. The van der Waals surface area contributed by atoms with Crippen LogP contribution in [0.4, 0.5) is 0 Å². The van der Waals surface area contributed by atoms with Gasteiger partial charge in [-0.25, -0.2) is 0 Å². The van der Waals surface area contributed by atoms with Crippen LogP contribution in [0.15, 0.2) is 42.6 Å². The van der Waals surface area contributed by atoms with Gasteiger partial charge in [0.2, 0.25) is 0 Å². The van der Waals surface area contributed by atoms with Crippen LogP contribution in [0.25, 0.3) is 10.9 Å². The van der Waals surface area contributed by atoms with Gasteiger partial charge in [0.15, 0.2) is 0 Å². The first-order valence-electron chi connectivity index (χ1n) is 3.26. The molecule has 0 atom stereocenters. The average molecular weight is 145 g/mol. The standard InChI is InChI=1S/C9H7N.CH4/c1-2-6-9-8(4-1)5-3-7-10-9;/h1-7H;1H4. The summed E-state index contributed by atoms with van der Waals surface area (Å²) in [5.74, 6) is 0. The summed E-state index contributed by atoms with van der Waals surface area (Å²) in [5, 5.41) is 1.20. The molecule has 2 rings (SSSR count). The maximum Gasteiger partial charge on any atom is 0.0701 e. The maximum atomic E-state index is 4.18. The summed E-state index contributed by atoms with van der Waals surface area (Å²) < 4.78 is 0. The van der Waals surface area contributed by atoms with Crippen molar-refractivity contribution in [2.24, 2.45) is 0 Å². The lowest BCUT2D eigenvalue weighted by atomic mass is 10.2. The average Bonchev–Trinajstić information content (AvgIpc) is 2.05. The van der Waals surface area contributed by atoms with E-state index in [2.05, 4.69) is 17.1 Å². The highest BCUT2D eigenvalue weighted by molar-refractivity contribution is 5.77. The second-order valence-corrected chi connectivity index (χ2v) is 2.20. The van der Waals surface area contributed by atoms with Crippen molar-refractivity contribution in [3.05, 3.63) is 42.6 Å². The molecule has 0 saturated carbocycles. The molecule has 0 fully saturated rings. The molecule has 1 nitrogen and oxygen atoms in total. The Balaban J connectivity index is 0.000000605.